The molecule has 2 aromatic carbocycles. The zero-order valence-electron chi connectivity index (χ0n) is 12.9. The second-order valence-corrected chi connectivity index (χ2v) is 5.76. The van der Waals surface area contributed by atoms with E-state index in [0.717, 1.165) is 25.2 Å². The Bertz CT molecular complexity index is 619. The fraction of sp³-hybridized carbons (Fsp3) is 0.316. The van der Waals surface area contributed by atoms with Crippen molar-refractivity contribution in [1.29, 1.82) is 5.26 Å². The molecule has 0 unspecified atom stereocenters. The van der Waals surface area contributed by atoms with Crippen molar-refractivity contribution >= 4 is 0 Å². The van der Waals surface area contributed by atoms with Gasteiger partial charge in [0.25, 0.3) is 0 Å². The van der Waals surface area contributed by atoms with Gasteiger partial charge < -0.3 is 5.11 Å². The van der Waals surface area contributed by atoms with Crippen LogP contribution in [0.2, 0.25) is 0 Å². The molecule has 0 spiro atoms. The predicted octanol–water partition coefficient (Wildman–Crippen LogP) is 3.19. The molecule has 0 fully saturated rings. The Morgan fingerprint density at radius 1 is 1.05 bits per heavy atom. The van der Waals surface area contributed by atoms with Gasteiger partial charge in [-0.2, -0.15) is 5.26 Å². The van der Waals surface area contributed by atoms with Crippen molar-refractivity contribution in [3.05, 3.63) is 71.3 Å². The summed E-state index contributed by atoms with van der Waals surface area (Å²) in [7, 11) is 0. The van der Waals surface area contributed by atoms with Crippen LogP contribution in [0.5, 0.6) is 0 Å². The lowest BCUT2D eigenvalue weighted by molar-refractivity contribution is 0.163. The molecule has 2 aromatic rings. The smallest absolute Gasteiger partial charge is 0.0991 e. The molecule has 0 radical (unpaired) electrons. The number of rotatable bonds is 7. The average Bonchev–Trinajstić information content (AvgIpc) is 2.55. The van der Waals surface area contributed by atoms with Crippen molar-refractivity contribution < 1.29 is 5.11 Å². The Kier molecular flexibility index (Phi) is 6.14. The highest BCUT2D eigenvalue weighted by Gasteiger charge is 2.11. The van der Waals surface area contributed by atoms with Crippen LogP contribution in [0.3, 0.4) is 0 Å². The first-order valence-electron chi connectivity index (χ1n) is 7.57. The van der Waals surface area contributed by atoms with Gasteiger partial charge in [-0.15, -0.1) is 0 Å². The lowest BCUT2D eigenvalue weighted by Crippen LogP contribution is -2.29. The highest BCUT2D eigenvalue weighted by atomic mass is 16.3. The number of aliphatic hydroxyl groups is 1. The lowest BCUT2D eigenvalue weighted by atomic mass is 10.1. The van der Waals surface area contributed by atoms with E-state index < -0.39 is 0 Å². The molecule has 1 N–H and O–H groups in total. The van der Waals surface area contributed by atoms with Crippen LogP contribution >= 0.6 is 0 Å². The van der Waals surface area contributed by atoms with Crippen LogP contribution in [0.15, 0.2) is 54.6 Å². The SMILES string of the molecule is C[C@H](CO)CN(Cc1ccccc1)Cc1cccc(C#N)c1. The standard InChI is InChI=1S/C19H22N2O/c1-16(15-22)12-21(13-17-6-3-2-4-7-17)14-19-9-5-8-18(10-19)11-20/h2-10,16,22H,12-15H2,1H3/t16-/m0/s1. The monoisotopic (exact) mass is 294 g/mol. The van der Waals surface area contributed by atoms with Gasteiger partial charge in [0.2, 0.25) is 0 Å². The van der Waals surface area contributed by atoms with E-state index in [4.69, 9.17) is 5.26 Å². The van der Waals surface area contributed by atoms with Crippen molar-refractivity contribution in [3.8, 4) is 6.07 Å². The van der Waals surface area contributed by atoms with E-state index in [1.165, 1.54) is 5.56 Å². The van der Waals surface area contributed by atoms with Crippen molar-refractivity contribution in [2.75, 3.05) is 13.2 Å². The lowest BCUT2D eigenvalue weighted by Gasteiger charge is -2.25. The Morgan fingerprint density at radius 2 is 1.73 bits per heavy atom. The highest BCUT2D eigenvalue weighted by molar-refractivity contribution is 5.32. The molecule has 0 bridgehead atoms. The molecule has 0 heterocycles. The first-order valence-corrected chi connectivity index (χ1v) is 7.57. The van der Waals surface area contributed by atoms with Crippen LogP contribution in [-0.4, -0.2) is 23.2 Å². The zero-order valence-corrected chi connectivity index (χ0v) is 12.9. The second-order valence-electron chi connectivity index (χ2n) is 5.76. The maximum Gasteiger partial charge on any atom is 0.0991 e. The van der Waals surface area contributed by atoms with Crippen molar-refractivity contribution in [2.45, 2.75) is 20.0 Å². The molecule has 22 heavy (non-hydrogen) atoms. The molecule has 1 atom stereocenters. The molecule has 3 heteroatoms. The van der Waals surface area contributed by atoms with Crippen LogP contribution in [0, 0.1) is 17.2 Å². The predicted molar refractivity (Wildman–Crippen MR) is 88.0 cm³/mol. The van der Waals surface area contributed by atoms with Gasteiger partial charge in [0.15, 0.2) is 0 Å². The van der Waals surface area contributed by atoms with E-state index in [9.17, 15) is 5.11 Å². The maximum absolute atomic E-state index is 9.33. The Labute approximate surface area is 132 Å². The normalized spacial score (nSPS) is 12.1. The number of hydrogen-bond donors (Lipinski definition) is 1. The summed E-state index contributed by atoms with van der Waals surface area (Å²) in [6.07, 6.45) is 0. The van der Waals surface area contributed by atoms with Crippen LogP contribution in [0.4, 0.5) is 0 Å². The summed E-state index contributed by atoms with van der Waals surface area (Å²) in [5.74, 6) is 0.225. The summed E-state index contributed by atoms with van der Waals surface area (Å²) < 4.78 is 0. The van der Waals surface area contributed by atoms with Crippen LogP contribution in [0.1, 0.15) is 23.6 Å². The summed E-state index contributed by atoms with van der Waals surface area (Å²) in [5.41, 5.74) is 3.07. The van der Waals surface area contributed by atoms with Gasteiger partial charge in [-0.3, -0.25) is 4.90 Å². The van der Waals surface area contributed by atoms with E-state index in [0.29, 0.717) is 5.56 Å². The molecule has 0 aromatic heterocycles. The van der Waals surface area contributed by atoms with Gasteiger partial charge in [0.1, 0.15) is 0 Å². The molecule has 3 nitrogen and oxygen atoms in total. The number of aliphatic hydroxyl groups excluding tert-OH is 1. The van der Waals surface area contributed by atoms with Crippen LogP contribution in [-0.2, 0) is 13.1 Å². The molecule has 0 saturated heterocycles. The summed E-state index contributed by atoms with van der Waals surface area (Å²) in [6, 6.07) is 20.2. The minimum atomic E-state index is 0.184. The van der Waals surface area contributed by atoms with E-state index in [2.05, 4.69) is 23.1 Å². The van der Waals surface area contributed by atoms with E-state index in [1.807, 2.05) is 49.4 Å². The summed E-state index contributed by atoms with van der Waals surface area (Å²) >= 11 is 0. The number of benzene rings is 2. The molecule has 0 amide bonds. The molecular weight excluding hydrogens is 272 g/mol. The molecule has 2 rings (SSSR count). The second kappa shape index (κ2) is 8.33. The Balaban J connectivity index is 2.11. The van der Waals surface area contributed by atoms with Gasteiger partial charge >= 0.3 is 0 Å². The van der Waals surface area contributed by atoms with E-state index in [-0.39, 0.29) is 12.5 Å². The third-order valence-corrected chi connectivity index (χ3v) is 3.59. The van der Waals surface area contributed by atoms with Gasteiger partial charge in [-0.1, -0.05) is 49.4 Å². The molecular formula is C19H22N2O. The van der Waals surface area contributed by atoms with Gasteiger partial charge in [0, 0.05) is 26.2 Å². The Morgan fingerprint density at radius 3 is 2.41 bits per heavy atom. The van der Waals surface area contributed by atoms with Crippen LogP contribution < -0.4 is 0 Å². The summed E-state index contributed by atoms with van der Waals surface area (Å²) in [6.45, 7) is 4.66. The number of nitrogens with zero attached hydrogens (tertiary/aromatic N) is 2. The molecule has 0 aliphatic carbocycles. The van der Waals surface area contributed by atoms with Crippen molar-refractivity contribution in [2.24, 2.45) is 5.92 Å². The maximum atomic E-state index is 9.33. The fourth-order valence-corrected chi connectivity index (χ4v) is 2.52. The third-order valence-electron chi connectivity index (χ3n) is 3.59. The molecule has 114 valence electrons. The van der Waals surface area contributed by atoms with Gasteiger partial charge in [-0.25, -0.2) is 0 Å². The molecule has 0 saturated carbocycles. The molecule has 0 aliphatic rings. The first-order chi connectivity index (χ1) is 10.7. The van der Waals surface area contributed by atoms with Crippen LogP contribution in [0.25, 0.3) is 0 Å². The fourth-order valence-electron chi connectivity index (χ4n) is 2.52. The molecule has 0 aliphatic heterocycles. The minimum absolute atomic E-state index is 0.184. The quantitative estimate of drug-likeness (QED) is 0.853. The average molecular weight is 294 g/mol. The Hall–Kier alpha value is -2.15. The van der Waals surface area contributed by atoms with Crippen molar-refractivity contribution in [1.82, 2.24) is 4.90 Å². The zero-order chi connectivity index (χ0) is 15.8. The largest absolute Gasteiger partial charge is 0.396 e. The topological polar surface area (TPSA) is 47.3 Å². The van der Waals surface area contributed by atoms with E-state index in [1.54, 1.807) is 0 Å². The van der Waals surface area contributed by atoms with Crippen molar-refractivity contribution in [3.63, 3.8) is 0 Å². The number of hydrogen-bond acceptors (Lipinski definition) is 3. The number of nitriles is 1. The highest BCUT2D eigenvalue weighted by Crippen LogP contribution is 2.13. The summed E-state index contributed by atoms with van der Waals surface area (Å²) in [4.78, 5) is 2.31. The van der Waals surface area contributed by atoms with Gasteiger partial charge in [0.05, 0.1) is 11.6 Å². The van der Waals surface area contributed by atoms with Gasteiger partial charge in [-0.05, 0) is 29.2 Å². The van der Waals surface area contributed by atoms with E-state index >= 15 is 0 Å². The first kappa shape index (κ1) is 16.2. The third kappa shape index (κ3) is 5.00. The minimum Gasteiger partial charge on any atom is -0.396 e. The summed E-state index contributed by atoms with van der Waals surface area (Å²) in [5, 5.41) is 18.3.